The van der Waals surface area contributed by atoms with Crippen LogP contribution in [-0.2, 0) is 6.42 Å². The molecule has 2 aromatic carbocycles. The maximum absolute atomic E-state index is 14.9. The minimum absolute atomic E-state index is 0.115. The maximum Gasteiger partial charge on any atom is 0.267 e. The topological polar surface area (TPSA) is 83.1 Å². The molecule has 2 heterocycles. The molecular weight excluding hydrogens is 381 g/mol. The molecule has 0 saturated heterocycles. The molecule has 3 aromatic rings. The summed E-state index contributed by atoms with van der Waals surface area (Å²) >= 11 is 0. The van der Waals surface area contributed by atoms with Gasteiger partial charge in [0.15, 0.2) is 6.19 Å². The van der Waals surface area contributed by atoms with Gasteiger partial charge in [0.1, 0.15) is 5.82 Å². The van der Waals surface area contributed by atoms with Gasteiger partial charge in [-0.3, -0.25) is 15.1 Å². The average Bonchev–Trinajstić information content (AvgIpc) is 3.40. The molecule has 1 aliphatic carbocycles. The van der Waals surface area contributed by atoms with Crippen LogP contribution in [0.1, 0.15) is 54.1 Å². The van der Waals surface area contributed by atoms with Crippen LogP contribution in [0.2, 0.25) is 0 Å². The number of carbonyl (C=O) groups excluding carboxylic acids is 1. The van der Waals surface area contributed by atoms with Crippen LogP contribution in [0.15, 0.2) is 35.6 Å². The number of hydrogen-bond acceptors (Lipinski definition) is 4. The third kappa shape index (κ3) is 2.96. The molecule has 0 bridgehead atoms. The summed E-state index contributed by atoms with van der Waals surface area (Å²) < 4.78 is 17.1. The molecule has 0 unspecified atom stereocenters. The molecule has 1 aromatic heterocycles. The first-order valence-electron chi connectivity index (χ1n) is 10.2. The Labute approximate surface area is 173 Å². The summed E-state index contributed by atoms with van der Waals surface area (Å²) in [6.07, 6.45) is 11.6. The highest BCUT2D eigenvalue weighted by atomic mass is 19.1. The van der Waals surface area contributed by atoms with Crippen molar-refractivity contribution in [3.8, 4) is 17.3 Å². The Morgan fingerprint density at radius 1 is 1.23 bits per heavy atom. The monoisotopic (exact) mass is 401 g/mol. The molecule has 7 heteroatoms. The Morgan fingerprint density at radius 2 is 2.07 bits per heavy atom. The van der Waals surface area contributed by atoms with Crippen LogP contribution in [-0.4, -0.2) is 21.7 Å². The highest BCUT2D eigenvalue weighted by molar-refractivity contribution is 6.03. The summed E-state index contributed by atoms with van der Waals surface area (Å²) in [5.74, 6) is -1.40. The molecule has 150 valence electrons. The number of nitriles is 1. The first-order chi connectivity index (χ1) is 14.7. The molecule has 1 N–H and O–H groups in total. The Balaban J connectivity index is 1.58. The van der Waals surface area contributed by atoms with Gasteiger partial charge in [0, 0.05) is 24.2 Å². The highest BCUT2D eigenvalue weighted by Crippen LogP contribution is 2.40. The van der Waals surface area contributed by atoms with Crippen molar-refractivity contribution < 1.29 is 9.18 Å². The fraction of sp³-hybridized carbons (Fsp3) is 0.304. The summed E-state index contributed by atoms with van der Waals surface area (Å²) in [5, 5.41) is 10.7. The van der Waals surface area contributed by atoms with Crippen LogP contribution in [0.25, 0.3) is 22.2 Å². The van der Waals surface area contributed by atoms with E-state index in [0.717, 1.165) is 16.6 Å². The van der Waals surface area contributed by atoms with E-state index in [2.05, 4.69) is 14.5 Å². The fourth-order valence-electron chi connectivity index (χ4n) is 4.70. The number of carbonyl (C=O) groups is 1. The molecule has 0 radical (unpaired) electrons. The van der Waals surface area contributed by atoms with E-state index in [-0.39, 0.29) is 5.56 Å². The Kier molecular flexibility index (Phi) is 4.55. The van der Waals surface area contributed by atoms with Gasteiger partial charge >= 0.3 is 0 Å². The molecule has 0 atom stereocenters. The van der Waals surface area contributed by atoms with Crippen LogP contribution in [0.3, 0.4) is 0 Å². The van der Waals surface area contributed by atoms with Crippen LogP contribution in [0.4, 0.5) is 10.1 Å². The van der Waals surface area contributed by atoms with E-state index in [1.54, 1.807) is 12.4 Å². The second kappa shape index (κ2) is 7.38. The number of fused-ring (bicyclic) bond motifs is 2. The average molecular weight is 401 g/mol. The van der Waals surface area contributed by atoms with Crippen molar-refractivity contribution in [2.75, 3.05) is 0 Å². The van der Waals surface area contributed by atoms with Crippen molar-refractivity contribution >= 4 is 28.8 Å². The molecule has 5 rings (SSSR count). The SMILES string of the molecule is N#CNC(=O)c1c(F)cc(-c2ccc3c(c2)ncn3C2CCCCC2)c2c1CC=N2. The number of aromatic nitrogens is 2. The Bertz CT molecular complexity index is 1230. The molecule has 1 saturated carbocycles. The van der Waals surface area contributed by atoms with Gasteiger partial charge in [0.2, 0.25) is 0 Å². The Morgan fingerprint density at radius 3 is 2.87 bits per heavy atom. The number of nitrogens with one attached hydrogen (secondary N) is 1. The van der Waals surface area contributed by atoms with Crippen molar-refractivity contribution in [2.45, 2.75) is 44.6 Å². The van der Waals surface area contributed by atoms with Gasteiger partial charge in [-0.1, -0.05) is 25.3 Å². The van der Waals surface area contributed by atoms with Gasteiger partial charge < -0.3 is 4.57 Å². The number of aliphatic imine (C=N–C) groups is 1. The number of benzene rings is 2. The number of hydrogen-bond donors (Lipinski definition) is 1. The van der Waals surface area contributed by atoms with E-state index in [9.17, 15) is 9.18 Å². The van der Waals surface area contributed by atoms with Gasteiger partial charge in [-0.15, -0.1) is 0 Å². The number of halogens is 1. The molecule has 2 aliphatic rings. The van der Waals surface area contributed by atoms with Crippen LogP contribution in [0.5, 0.6) is 0 Å². The van der Waals surface area contributed by atoms with Crippen molar-refractivity contribution in [1.82, 2.24) is 14.9 Å². The van der Waals surface area contributed by atoms with Gasteiger partial charge in [-0.05, 0) is 42.2 Å². The van der Waals surface area contributed by atoms with Crippen molar-refractivity contribution in [3.63, 3.8) is 0 Å². The van der Waals surface area contributed by atoms with Gasteiger partial charge in [-0.25, -0.2) is 9.37 Å². The van der Waals surface area contributed by atoms with Crippen molar-refractivity contribution in [2.24, 2.45) is 4.99 Å². The molecule has 1 fully saturated rings. The quantitative estimate of drug-likeness (QED) is 0.505. The number of amides is 1. The number of rotatable bonds is 3. The summed E-state index contributed by atoms with van der Waals surface area (Å²) in [4.78, 5) is 21.2. The van der Waals surface area contributed by atoms with Crippen LogP contribution < -0.4 is 5.32 Å². The van der Waals surface area contributed by atoms with E-state index in [4.69, 9.17) is 5.26 Å². The first kappa shape index (κ1) is 18.5. The lowest BCUT2D eigenvalue weighted by molar-refractivity contribution is 0.0968. The van der Waals surface area contributed by atoms with E-state index in [1.807, 2.05) is 29.8 Å². The predicted molar refractivity (Wildman–Crippen MR) is 112 cm³/mol. The van der Waals surface area contributed by atoms with E-state index < -0.39 is 11.7 Å². The van der Waals surface area contributed by atoms with Crippen LogP contribution >= 0.6 is 0 Å². The lowest BCUT2D eigenvalue weighted by atomic mass is 9.94. The minimum Gasteiger partial charge on any atom is -0.327 e. The predicted octanol–water partition coefficient (Wildman–Crippen LogP) is 4.82. The van der Waals surface area contributed by atoms with Crippen molar-refractivity contribution in [1.29, 1.82) is 5.26 Å². The normalized spacial score (nSPS) is 15.9. The summed E-state index contributed by atoms with van der Waals surface area (Å²) in [6, 6.07) is 7.76. The van der Waals surface area contributed by atoms with Gasteiger partial charge in [-0.2, -0.15) is 5.26 Å². The zero-order valence-electron chi connectivity index (χ0n) is 16.4. The second-order valence-electron chi connectivity index (χ2n) is 7.84. The molecule has 30 heavy (non-hydrogen) atoms. The molecule has 6 nitrogen and oxygen atoms in total. The molecular formula is C23H20FN5O. The largest absolute Gasteiger partial charge is 0.327 e. The van der Waals surface area contributed by atoms with E-state index in [0.29, 0.717) is 29.3 Å². The third-order valence-electron chi connectivity index (χ3n) is 6.12. The first-order valence-corrected chi connectivity index (χ1v) is 10.2. The maximum atomic E-state index is 14.9. The number of imidazole rings is 1. The van der Waals surface area contributed by atoms with Crippen LogP contribution in [0, 0.1) is 17.3 Å². The summed E-state index contributed by atoms with van der Waals surface area (Å²) in [5.41, 5.74) is 4.33. The standard InChI is InChI=1S/C23H20FN5O/c24-18-11-17(22-16(8-9-26-22)21(18)23(30)27-12-25)14-6-7-20-19(10-14)28-13-29(20)15-4-2-1-3-5-15/h6-7,9-11,13,15H,1-5,8H2,(H,27,30). The minimum atomic E-state index is -0.745. The summed E-state index contributed by atoms with van der Waals surface area (Å²) in [7, 11) is 0. The van der Waals surface area contributed by atoms with Gasteiger partial charge in [0.25, 0.3) is 5.91 Å². The second-order valence-corrected chi connectivity index (χ2v) is 7.84. The summed E-state index contributed by atoms with van der Waals surface area (Å²) in [6.45, 7) is 0. The zero-order valence-corrected chi connectivity index (χ0v) is 16.4. The smallest absolute Gasteiger partial charge is 0.267 e. The lowest BCUT2D eigenvalue weighted by Crippen LogP contribution is -2.20. The van der Waals surface area contributed by atoms with Gasteiger partial charge in [0.05, 0.1) is 28.6 Å². The highest BCUT2D eigenvalue weighted by Gasteiger charge is 2.26. The lowest BCUT2D eigenvalue weighted by Gasteiger charge is -2.23. The van der Waals surface area contributed by atoms with E-state index >= 15 is 0 Å². The molecule has 1 amide bonds. The molecule has 1 aliphatic heterocycles. The number of nitrogens with zero attached hydrogens (tertiary/aromatic N) is 4. The zero-order chi connectivity index (χ0) is 20.7. The van der Waals surface area contributed by atoms with Crippen molar-refractivity contribution in [3.05, 3.63) is 47.5 Å². The Hall–Kier alpha value is -3.53. The fourth-order valence-corrected chi connectivity index (χ4v) is 4.70. The third-order valence-corrected chi connectivity index (χ3v) is 6.12. The van der Waals surface area contributed by atoms with E-state index in [1.165, 1.54) is 38.2 Å². The molecule has 0 spiro atoms.